The van der Waals surface area contributed by atoms with E-state index in [1.54, 1.807) is 0 Å². The second-order valence-corrected chi connectivity index (χ2v) is 7.84. The van der Waals surface area contributed by atoms with E-state index in [2.05, 4.69) is 27.7 Å². The molecule has 0 aromatic rings. The molecule has 0 spiro atoms. The van der Waals surface area contributed by atoms with Crippen molar-refractivity contribution in [1.29, 1.82) is 0 Å². The van der Waals surface area contributed by atoms with Crippen molar-refractivity contribution in [3.8, 4) is 0 Å². The lowest BCUT2D eigenvalue weighted by atomic mass is 9.68. The maximum absolute atomic E-state index is 6.42. The van der Waals surface area contributed by atoms with Gasteiger partial charge in [0.25, 0.3) is 0 Å². The fraction of sp³-hybridized carbons (Fsp3) is 1.00. The first-order valence-electron chi connectivity index (χ1n) is 8.70. The van der Waals surface area contributed by atoms with Crippen molar-refractivity contribution < 1.29 is 0 Å². The highest BCUT2D eigenvalue weighted by Gasteiger charge is 2.31. The third-order valence-electron chi connectivity index (χ3n) is 5.24. The Balaban J connectivity index is 2.16. The van der Waals surface area contributed by atoms with Crippen LogP contribution in [0.3, 0.4) is 0 Å². The average Bonchev–Trinajstić information content (AvgIpc) is 2.37. The van der Waals surface area contributed by atoms with Gasteiger partial charge >= 0.3 is 0 Å². The molecule has 1 nitrogen and oxygen atoms in total. The molecule has 2 N–H and O–H groups in total. The molecule has 1 fully saturated rings. The number of nitrogens with two attached hydrogens (primary N) is 1. The molecule has 0 bridgehead atoms. The minimum atomic E-state index is 0.475. The van der Waals surface area contributed by atoms with Crippen molar-refractivity contribution in [2.75, 3.05) is 0 Å². The van der Waals surface area contributed by atoms with E-state index in [1.807, 2.05) is 0 Å². The highest BCUT2D eigenvalue weighted by atomic mass is 14.6. The van der Waals surface area contributed by atoms with E-state index in [1.165, 1.54) is 64.2 Å². The van der Waals surface area contributed by atoms with E-state index in [0.29, 0.717) is 11.5 Å². The van der Waals surface area contributed by atoms with Gasteiger partial charge in [0.1, 0.15) is 0 Å². The molecule has 19 heavy (non-hydrogen) atoms. The first kappa shape index (κ1) is 17.0. The lowest BCUT2D eigenvalue weighted by Crippen LogP contribution is -2.35. The lowest BCUT2D eigenvalue weighted by molar-refractivity contribution is 0.137. The number of unbranched alkanes of at least 4 members (excludes halogenated alkanes) is 4. The largest absolute Gasteiger partial charge is 0.327 e. The van der Waals surface area contributed by atoms with Gasteiger partial charge in [-0.1, -0.05) is 59.8 Å². The summed E-state index contributed by atoms with van der Waals surface area (Å²) in [6.45, 7) is 9.46. The third-order valence-corrected chi connectivity index (χ3v) is 5.24. The Bertz CT molecular complexity index is 220. The number of hydrogen-bond donors (Lipinski definition) is 1. The first-order valence-corrected chi connectivity index (χ1v) is 8.70. The Morgan fingerprint density at radius 3 is 2.05 bits per heavy atom. The minimum Gasteiger partial charge on any atom is -0.327 e. The normalized spacial score (nSPS) is 26.4. The van der Waals surface area contributed by atoms with Crippen LogP contribution in [0.1, 0.15) is 91.9 Å². The summed E-state index contributed by atoms with van der Waals surface area (Å²) in [6.07, 6.45) is 13.7. The Kier molecular flexibility index (Phi) is 7.42. The van der Waals surface area contributed by atoms with E-state index in [-0.39, 0.29) is 0 Å². The van der Waals surface area contributed by atoms with Gasteiger partial charge in [-0.25, -0.2) is 0 Å². The Hall–Kier alpha value is -0.0400. The Morgan fingerprint density at radius 1 is 0.947 bits per heavy atom. The van der Waals surface area contributed by atoms with Gasteiger partial charge in [0.2, 0.25) is 0 Å². The zero-order chi connectivity index (χ0) is 14.3. The smallest absolute Gasteiger partial charge is 0.00671 e. The van der Waals surface area contributed by atoms with Crippen LogP contribution in [0.15, 0.2) is 0 Å². The van der Waals surface area contributed by atoms with Gasteiger partial charge in [0.05, 0.1) is 0 Å². The van der Waals surface area contributed by atoms with Crippen LogP contribution in [-0.2, 0) is 0 Å². The standard InChI is InChI=1S/C18H37N/c1-5-6-7-8-9-10-17(19)15-11-13-16(14-12-15)18(2,3)4/h15-17H,5-14,19H2,1-4H3. The molecule has 1 unspecified atom stereocenters. The summed E-state index contributed by atoms with van der Waals surface area (Å²) in [5.41, 5.74) is 6.91. The van der Waals surface area contributed by atoms with Gasteiger partial charge in [-0.3, -0.25) is 0 Å². The fourth-order valence-corrected chi connectivity index (χ4v) is 3.63. The van der Waals surface area contributed by atoms with Crippen LogP contribution in [-0.4, -0.2) is 6.04 Å². The maximum Gasteiger partial charge on any atom is 0.00671 e. The van der Waals surface area contributed by atoms with Gasteiger partial charge < -0.3 is 5.73 Å². The molecule has 0 heterocycles. The van der Waals surface area contributed by atoms with Gasteiger partial charge in [-0.2, -0.15) is 0 Å². The summed E-state index contributed by atoms with van der Waals surface area (Å²) in [5.74, 6) is 1.73. The zero-order valence-corrected chi connectivity index (χ0v) is 13.9. The topological polar surface area (TPSA) is 26.0 Å². The maximum atomic E-state index is 6.42. The number of hydrogen-bond acceptors (Lipinski definition) is 1. The second-order valence-electron chi connectivity index (χ2n) is 7.84. The van der Waals surface area contributed by atoms with Crippen LogP contribution >= 0.6 is 0 Å². The van der Waals surface area contributed by atoms with Gasteiger partial charge in [-0.15, -0.1) is 0 Å². The van der Waals surface area contributed by atoms with Crippen LogP contribution in [0, 0.1) is 17.3 Å². The molecule has 1 atom stereocenters. The lowest BCUT2D eigenvalue weighted by Gasteiger charge is -2.38. The molecule has 0 radical (unpaired) electrons. The molecule has 0 saturated heterocycles. The van der Waals surface area contributed by atoms with Crippen molar-refractivity contribution in [3.63, 3.8) is 0 Å². The van der Waals surface area contributed by atoms with Crippen LogP contribution in [0.5, 0.6) is 0 Å². The predicted octanol–water partition coefficient (Wildman–Crippen LogP) is 5.53. The number of rotatable bonds is 7. The summed E-state index contributed by atoms with van der Waals surface area (Å²) in [5, 5.41) is 0. The van der Waals surface area contributed by atoms with Crippen molar-refractivity contribution in [1.82, 2.24) is 0 Å². The van der Waals surface area contributed by atoms with Crippen molar-refractivity contribution in [2.45, 2.75) is 97.9 Å². The van der Waals surface area contributed by atoms with Crippen LogP contribution in [0.4, 0.5) is 0 Å². The van der Waals surface area contributed by atoms with Crippen LogP contribution in [0.25, 0.3) is 0 Å². The molecular formula is C18H37N. The Morgan fingerprint density at radius 2 is 1.53 bits per heavy atom. The summed E-state index contributed by atoms with van der Waals surface area (Å²) >= 11 is 0. The molecule has 0 aliphatic heterocycles. The van der Waals surface area contributed by atoms with Crippen molar-refractivity contribution in [3.05, 3.63) is 0 Å². The zero-order valence-electron chi connectivity index (χ0n) is 13.9. The minimum absolute atomic E-state index is 0.475. The second kappa shape index (κ2) is 8.29. The molecule has 1 rings (SSSR count). The van der Waals surface area contributed by atoms with E-state index in [9.17, 15) is 0 Å². The van der Waals surface area contributed by atoms with E-state index in [0.717, 1.165) is 11.8 Å². The summed E-state index contributed by atoms with van der Waals surface area (Å²) in [7, 11) is 0. The molecule has 1 aliphatic rings. The molecule has 0 aromatic heterocycles. The van der Waals surface area contributed by atoms with Gasteiger partial charge in [0, 0.05) is 6.04 Å². The van der Waals surface area contributed by atoms with Crippen molar-refractivity contribution >= 4 is 0 Å². The van der Waals surface area contributed by atoms with E-state index < -0.39 is 0 Å². The van der Waals surface area contributed by atoms with E-state index >= 15 is 0 Å². The predicted molar refractivity (Wildman–Crippen MR) is 86.3 cm³/mol. The quantitative estimate of drug-likeness (QED) is 0.603. The molecule has 114 valence electrons. The fourth-order valence-electron chi connectivity index (χ4n) is 3.63. The van der Waals surface area contributed by atoms with Crippen LogP contribution in [0.2, 0.25) is 0 Å². The van der Waals surface area contributed by atoms with E-state index in [4.69, 9.17) is 5.73 Å². The highest BCUT2D eigenvalue weighted by molar-refractivity contribution is 4.84. The molecule has 0 amide bonds. The average molecular weight is 268 g/mol. The third kappa shape index (κ3) is 6.29. The first-order chi connectivity index (χ1) is 8.95. The van der Waals surface area contributed by atoms with Crippen molar-refractivity contribution in [2.24, 2.45) is 23.0 Å². The Labute approximate surface area is 121 Å². The highest BCUT2D eigenvalue weighted by Crippen LogP contribution is 2.40. The molecule has 1 heteroatoms. The monoisotopic (exact) mass is 267 g/mol. The molecule has 1 saturated carbocycles. The SMILES string of the molecule is CCCCCCCC(N)C1CCC(C(C)(C)C)CC1. The van der Waals surface area contributed by atoms with Crippen LogP contribution < -0.4 is 5.73 Å². The summed E-state index contributed by atoms with van der Waals surface area (Å²) in [4.78, 5) is 0. The molecular weight excluding hydrogens is 230 g/mol. The van der Waals surface area contributed by atoms with Gasteiger partial charge in [-0.05, 0) is 49.4 Å². The molecule has 0 aromatic carbocycles. The molecule has 1 aliphatic carbocycles. The summed E-state index contributed by atoms with van der Waals surface area (Å²) in [6, 6.07) is 0.475. The van der Waals surface area contributed by atoms with Gasteiger partial charge in [0.15, 0.2) is 0 Å². The summed E-state index contributed by atoms with van der Waals surface area (Å²) < 4.78 is 0.